The van der Waals surface area contributed by atoms with Gasteiger partial charge in [-0.3, -0.25) is 0 Å². The van der Waals surface area contributed by atoms with Gasteiger partial charge in [-0.25, -0.2) is 0 Å². The van der Waals surface area contributed by atoms with E-state index >= 15 is 0 Å². The summed E-state index contributed by atoms with van der Waals surface area (Å²) < 4.78 is 0. The molecule has 2 rings (SSSR count). The van der Waals surface area contributed by atoms with Crippen LogP contribution in [0.5, 0.6) is 0 Å². The number of hydrogen-bond donors (Lipinski definition) is 1. The van der Waals surface area contributed by atoms with Crippen molar-refractivity contribution in [2.45, 2.75) is 45.1 Å². The van der Waals surface area contributed by atoms with Gasteiger partial charge in [-0.2, -0.15) is 11.3 Å². The monoisotopic (exact) mass is 223 g/mol. The molecule has 0 saturated heterocycles. The van der Waals surface area contributed by atoms with Gasteiger partial charge in [-0.1, -0.05) is 25.7 Å². The minimum absolute atomic E-state index is 0.583. The molecule has 0 aliphatic heterocycles. The Morgan fingerprint density at radius 1 is 1.40 bits per heavy atom. The smallest absolute Gasteiger partial charge is 0.0331 e. The number of thiophene rings is 1. The first-order chi connectivity index (χ1) is 7.31. The van der Waals surface area contributed by atoms with Crippen molar-refractivity contribution in [1.29, 1.82) is 0 Å². The van der Waals surface area contributed by atoms with Gasteiger partial charge in [0.15, 0.2) is 0 Å². The second-order valence-electron chi connectivity index (χ2n) is 4.74. The summed E-state index contributed by atoms with van der Waals surface area (Å²) in [5.41, 5.74) is 2.98. The molecule has 2 heteroatoms. The van der Waals surface area contributed by atoms with E-state index in [-0.39, 0.29) is 0 Å². The molecule has 1 saturated carbocycles. The lowest BCUT2D eigenvalue weighted by atomic mass is 9.93. The van der Waals surface area contributed by atoms with Crippen LogP contribution in [0.1, 0.15) is 49.3 Å². The van der Waals surface area contributed by atoms with Crippen molar-refractivity contribution in [3.8, 4) is 0 Å². The van der Waals surface area contributed by atoms with Crippen LogP contribution < -0.4 is 5.32 Å². The Morgan fingerprint density at radius 3 is 2.67 bits per heavy atom. The Bertz CT molecular complexity index is 299. The molecular weight excluding hydrogens is 202 g/mol. The summed E-state index contributed by atoms with van der Waals surface area (Å²) in [4.78, 5) is 0. The van der Waals surface area contributed by atoms with Gasteiger partial charge in [-0.15, -0.1) is 0 Å². The fourth-order valence-corrected chi connectivity index (χ4v) is 3.61. The summed E-state index contributed by atoms with van der Waals surface area (Å²) in [6.07, 6.45) is 7.12. The van der Waals surface area contributed by atoms with Gasteiger partial charge in [0.25, 0.3) is 0 Å². The molecule has 1 aliphatic carbocycles. The average Bonchev–Trinajstić information content (AvgIpc) is 2.85. The van der Waals surface area contributed by atoms with E-state index < -0.39 is 0 Å². The van der Waals surface area contributed by atoms with E-state index in [1.807, 2.05) is 11.3 Å². The number of nitrogens with one attached hydrogen (secondary N) is 1. The maximum atomic E-state index is 3.48. The SMILES string of the molecule is CNC(CC1CCCC1)c1cscc1C. The van der Waals surface area contributed by atoms with Crippen molar-refractivity contribution in [1.82, 2.24) is 5.32 Å². The average molecular weight is 223 g/mol. The Morgan fingerprint density at radius 2 is 2.13 bits per heavy atom. The molecule has 1 atom stereocenters. The van der Waals surface area contributed by atoms with E-state index in [0.717, 1.165) is 5.92 Å². The topological polar surface area (TPSA) is 12.0 Å². The van der Waals surface area contributed by atoms with Crippen LogP contribution in [0.3, 0.4) is 0 Å². The maximum Gasteiger partial charge on any atom is 0.0331 e. The van der Waals surface area contributed by atoms with E-state index in [2.05, 4.69) is 30.0 Å². The van der Waals surface area contributed by atoms with Crippen LogP contribution in [0.25, 0.3) is 0 Å². The standard InChI is InChI=1S/C13H21NS/c1-10-8-15-9-12(10)13(14-2)7-11-5-3-4-6-11/h8-9,11,13-14H,3-7H2,1-2H3. The van der Waals surface area contributed by atoms with Crippen LogP contribution in [0.2, 0.25) is 0 Å². The molecule has 1 fully saturated rings. The van der Waals surface area contributed by atoms with Crippen molar-refractivity contribution in [3.63, 3.8) is 0 Å². The molecule has 1 nitrogen and oxygen atoms in total. The highest BCUT2D eigenvalue weighted by Gasteiger charge is 2.21. The van der Waals surface area contributed by atoms with Gasteiger partial charge in [0.05, 0.1) is 0 Å². The van der Waals surface area contributed by atoms with Crippen LogP contribution in [0, 0.1) is 12.8 Å². The molecule has 1 N–H and O–H groups in total. The van der Waals surface area contributed by atoms with E-state index in [9.17, 15) is 0 Å². The Kier molecular flexibility index (Phi) is 3.81. The largest absolute Gasteiger partial charge is 0.313 e. The Hall–Kier alpha value is -0.340. The summed E-state index contributed by atoms with van der Waals surface area (Å²) in [7, 11) is 2.09. The minimum atomic E-state index is 0.583. The minimum Gasteiger partial charge on any atom is -0.313 e. The van der Waals surface area contributed by atoms with Gasteiger partial charge < -0.3 is 5.32 Å². The summed E-state index contributed by atoms with van der Waals surface area (Å²) >= 11 is 1.83. The highest BCUT2D eigenvalue weighted by molar-refractivity contribution is 7.08. The third kappa shape index (κ3) is 2.61. The predicted molar refractivity (Wildman–Crippen MR) is 67.4 cm³/mol. The molecule has 1 aromatic heterocycles. The highest BCUT2D eigenvalue weighted by Crippen LogP contribution is 2.34. The first-order valence-corrected chi connectivity index (χ1v) is 6.95. The van der Waals surface area contributed by atoms with Gasteiger partial charge in [-0.05, 0) is 48.2 Å². The molecule has 0 spiro atoms. The molecule has 0 amide bonds. The van der Waals surface area contributed by atoms with Crippen molar-refractivity contribution >= 4 is 11.3 Å². The second kappa shape index (κ2) is 5.13. The van der Waals surface area contributed by atoms with Crippen LogP contribution in [0.15, 0.2) is 10.8 Å². The zero-order valence-electron chi connectivity index (χ0n) is 9.75. The van der Waals surface area contributed by atoms with Crippen molar-refractivity contribution in [3.05, 3.63) is 21.9 Å². The third-order valence-corrected chi connectivity index (χ3v) is 4.54. The number of hydrogen-bond acceptors (Lipinski definition) is 2. The first-order valence-electron chi connectivity index (χ1n) is 6.01. The summed E-state index contributed by atoms with van der Waals surface area (Å²) in [6.45, 7) is 2.23. The van der Waals surface area contributed by atoms with Crippen LogP contribution in [-0.4, -0.2) is 7.05 Å². The normalized spacial score (nSPS) is 19.6. The first kappa shape index (κ1) is 11.2. The predicted octanol–water partition coefficient (Wildman–Crippen LogP) is 3.90. The third-order valence-electron chi connectivity index (χ3n) is 3.66. The lowest BCUT2D eigenvalue weighted by Crippen LogP contribution is -2.19. The Labute approximate surface area is 96.9 Å². The van der Waals surface area contributed by atoms with Crippen molar-refractivity contribution < 1.29 is 0 Å². The molecule has 0 bridgehead atoms. The van der Waals surface area contributed by atoms with Gasteiger partial charge in [0.1, 0.15) is 0 Å². The van der Waals surface area contributed by atoms with E-state index in [4.69, 9.17) is 0 Å². The Balaban J connectivity index is 2.00. The number of rotatable bonds is 4. The second-order valence-corrected chi connectivity index (χ2v) is 5.48. The van der Waals surface area contributed by atoms with Crippen LogP contribution in [-0.2, 0) is 0 Å². The van der Waals surface area contributed by atoms with Crippen LogP contribution in [0.4, 0.5) is 0 Å². The molecule has 1 unspecified atom stereocenters. The quantitative estimate of drug-likeness (QED) is 0.816. The molecule has 1 heterocycles. The fraction of sp³-hybridized carbons (Fsp3) is 0.692. The van der Waals surface area contributed by atoms with E-state index in [1.165, 1.54) is 43.2 Å². The van der Waals surface area contributed by atoms with Crippen molar-refractivity contribution in [2.75, 3.05) is 7.05 Å². The van der Waals surface area contributed by atoms with Gasteiger partial charge in [0.2, 0.25) is 0 Å². The zero-order valence-corrected chi connectivity index (χ0v) is 10.6. The van der Waals surface area contributed by atoms with Gasteiger partial charge in [0, 0.05) is 6.04 Å². The summed E-state index contributed by atoms with van der Waals surface area (Å²) in [5.74, 6) is 0.960. The highest BCUT2D eigenvalue weighted by atomic mass is 32.1. The van der Waals surface area contributed by atoms with E-state index in [1.54, 1.807) is 0 Å². The summed E-state index contributed by atoms with van der Waals surface area (Å²) in [5, 5.41) is 8.05. The van der Waals surface area contributed by atoms with E-state index in [0.29, 0.717) is 6.04 Å². The molecule has 1 aliphatic rings. The molecule has 0 radical (unpaired) electrons. The molecule has 15 heavy (non-hydrogen) atoms. The lowest BCUT2D eigenvalue weighted by Gasteiger charge is -2.20. The number of aryl methyl sites for hydroxylation is 1. The fourth-order valence-electron chi connectivity index (χ4n) is 2.71. The van der Waals surface area contributed by atoms with Gasteiger partial charge >= 0.3 is 0 Å². The zero-order chi connectivity index (χ0) is 10.7. The molecule has 1 aromatic rings. The molecular formula is C13H21NS. The van der Waals surface area contributed by atoms with Crippen molar-refractivity contribution in [2.24, 2.45) is 5.92 Å². The maximum absolute atomic E-state index is 3.48. The lowest BCUT2D eigenvalue weighted by molar-refractivity contribution is 0.413. The van der Waals surface area contributed by atoms with Crippen LogP contribution >= 0.6 is 11.3 Å². The molecule has 0 aromatic carbocycles. The summed E-state index contributed by atoms with van der Waals surface area (Å²) in [6, 6.07) is 0.583. The molecule has 84 valence electrons.